The molecule has 0 radical (unpaired) electrons. The van der Waals surface area contributed by atoms with Crippen LogP contribution in [0.15, 0.2) is 108 Å². The van der Waals surface area contributed by atoms with E-state index in [1.807, 2.05) is 42.5 Å². The molecule has 0 N–H and O–H groups in total. The average Bonchev–Trinajstić information content (AvgIpc) is 3.11. The van der Waals surface area contributed by atoms with E-state index in [1.165, 1.54) is 11.4 Å². The fourth-order valence-corrected chi connectivity index (χ4v) is 5.40. The van der Waals surface area contributed by atoms with Crippen LogP contribution in [0.4, 0.5) is 5.69 Å². The average molecular weight is 539 g/mol. The number of anilines is 1. The van der Waals surface area contributed by atoms with Gasteiger partial charge in [0.05, 0.1) is 32.0 Å². The standard InChI is InChI=1S/C31H26N2O5S/c1-4-39(35,36)33(20-23-11-14-26(37-2)18-30(23)38-3)25-13-10-22-12-15-29-28(31(34)27(22)17-25)16-24(19-32-29)21-8-6-5-7-9-21/h4-19H,1,20H2,2-3H3. The largest absolute Gasteiger partial charge is 0.497 e. The molecule has 8 heteroatoms. The Morgan fingerprint density at radius 3 is 2.36 bits per heavy atom. The Morgan fingerprint density at radius 2 is 1.64 bits per heavy atom. The van der Waals surface area contributed by atoms with Gasteiger partial charge in [0.15, 0.2) is 5.43 Å². The van der Waals surface area contributed by atoms with Gasteiger partial charge < -0.3 is 9.47 Å². The quantitative estimate of drug-likeness (QED) is 0.244. The summed E-state index contributed by atoms with van der Waals surface area (Å²) in [7, 11) is -0.890. The molecule has 39 heavy (non-hydrogen) atoms. The first kappa shape index (κ1) is 25.9. The fraction of sp³-hybridized carbons (Fsp3) is 0.0968. The lowest BCUT2D eigenvalue weighted by molar-refractivity contribution is 0.391. The maximum Gasteiger partial charge on any atom is 0.257 e. The minimum Gasteiger partial charge on any atom is -0.497 e. The molecule has 0 bridgehead atoms. The van der Waals surface area contributed by atoms with Crippen LogP contribution in [0.3, 0.4) is 0 Å². The highest BCUT2D eigenvalue weighted by Crippen LogP contribution is 2.31. The van der Waals surface area contributed by atoms with Gasteiger partial charge in [0.1, 0.15) is 11.5 Å². The van der Waals surface area contributed by atoms with Crippen molar-refractivity contribution in [2.45, 2.75) is 6.54 Å². The number of rotatable bonds is 8. The Hall–Kier alpha value is -4.69. The maximum atomic E-state index is 13.8. The topological polar surface area (TPSA) is 85.8 Å². The second-order valence-corrected chi connectivity index (χ2v) is 10.7. The number of hydrogen-bond donors (Lipinski definition) is 0. The number of benzene rings is 3. The van der Waals surface area contributed by atoms with Crippen molar-refractivity contribution in [1.82, 2.24) is 4.98 Å². The van der Waals surface area contributed by atoms with Crippen LogP contribution in [-0.4, -0.2) is 27.6 Å². The molecule has 5 aromatic rings. The highest BCUT2D eigenvalue weighted by atomic mass is 32.2. The van der Waals surface area contributed by atoms with Crippen molar-refractivity contribution in [2.75, 3.05) is 18.5 Å². The van der Waals surface area contributed by atoms with Crippen LogP contribution in [0.25, 0.3) is 32.8 Å². The molecule has 0 amide bonds. The summed E-state index contributed by atoms with van der Waals surface area (Å²) in [6, 6.07) is 25.3. The summed E-state index contributed by atoms with van der Waals surface area (Å²) >= 11 is 0. The molecule has 7 nitrogen and oxygen atoms in total. The van der Waals surface area contributed by atoms with E-state index in [2.05, 4.69) is 11.6 Å². The van der Waals surface area contributed by atoms with Gasteiger partial charge in [0.2, 0.25) is 0 Å². The summed E-state index contributed by atoms with van der Waals surface area (Å²) in [5.74, 6) is 1.05. The van der Waals surface area contributed by atoms with Gasteiger partial charge in [-0.05, 0) is 47.3 Å². The summed E-state index contributed by atoms with van der Waals surface area (Å²) in [5.41, 5.74) is 3.01. The molecule has 4 aromatic carbocycles. The molecule has 1 heterocycles. The predicted molar refractivity (Wildman–Crippen MR) is 156 cm³/mol. The molecule has 0 aliphatic heterocycles. The molecule has 0 atom stereocenters. The van der Waals surface area contributed by atoms with Gasteiger partial charge in [-0.25, -0.2) is 8.42 Å². The molecule has 196 valence electrons. The van der Waals surface area contributed by atoms with Gasteiger partial charge in [0, 0.05) is 39.6 Å². The van der Waals surface area contributed by atoms with Crippen molar-refractivity contribution in [2.24, 2.45) is 0 Å². The second kappa shape index (κ2) is 10.6. The molecule has 0 fully saturated rings. The summed E-state index contributed by atoms with van der Waals surface area (Å²) in [5, 5.41) is 2.38. The molecule has 0 aliphatic rings. The first-order valence-corrected chi connectivity index (χ1v) is 13.6. The number of aromatic nitrogens is 1. The zero-order valence-electron chi connectivity index (χ0n) is 21.5. The molecule has 0 saturated carbocycles. The highest BCUT2D eigenvalue weighted by Gasteiger charge is 2.22. The van der Waals surface area contributed by atoms with Crippen LogP contribution >= 0.6 is 0 Å². The molecule has 0 saturated heterocycles. The van der Waals surface area contributed by atoms with E-state index in [1.54, 1.807) is 55.8 Å². The Morgan fingerprint density at radius 1 is 0.872 bits per heavy atom. The molecular weight excluding hydrogens is 512 g/mol. The van der Waals surface area contributed by atoms with Crippen LogP contribution in [-0.2, 0) is 16.6 Å². The maximum absolute atomic E-state index is 13.8. The molecule has 0 unspecified atom stereocenters. The third kappa shape index (κ3) is 5.06. The van der Waals surface area contributed by atoms with Crippen molar-refractivity contribution >= 4 is 37.4 Å². The van der Waals surface area contributed by atoms with E-state index in [9.17, 15) is 13.2 Å². The van der Waals surface area contributed by atoms with Crippen LogP contribution in [0.2, 0.25) is 0 Å². The minimum atomic E-state index is -3.94. The predicted octanol–water partition coefficient (Wildman–Crippen LogP) is 5.91. The third-order valence-corrected chi connectivity index (χ3v) is 7.96. The molecule has 5 rings (SSSR count). The van der Waals surface area contributed by atoms with E-state index < -0.39 is 10.0 Å². The lowest BCUT2D eigenvalue weighted by Crippen LogP contribution is -2.28. The second-order valence-electron chi connectivity index (χ2n) is 8.85. The smallest absolute Gasteiger partial charge is 0.257 e. The lowest BCUT2D eigenvalue weighted by atomic mass is 10.1. The van der Waals surface area contributed by atoms with E-state index in [-0.39, 0.29) is 12.0 Å². The van der Waals surface area contributed by atoms with Crippen molar-refractivity contribution in [3.8, 4) is 22.6 Å². The molecule has 0 spiro atoms. The highest BCUT2D eigenvalue weighted by molar-refractivity contribution is 7.95. The number of fused-ring (bicyclic) bond motifs is 2. The van der Waals surface area contributed by atoms with Crippen LogP contribution in [0, 0.1) is 0 Å². The lowest BCUT2D eigenvalue weighted by Gasteiger charge is -2.24. The molecule has 0 aliphatic carbocycles. The van der Waals surface area contributed by atoms with Gasteiger partial charge in [-0.2, -0.15) is 0 Å². The summed E-state index contributed by atoms with van der Waals surface area (Å²) in [6.07, 6.45) is 1.74. The monoisotopic (exact) mass is 538 g/mol. The van der Waals surface area contributed by atoms with E-state index in [4.69, 9.17) is 9.47 Å². The Kier molecular flexibility index (Phi) is 7.04. The number of nitrogens with zero attached hydrogens (tertiary/aromatic N) is 2. The van der Waals surface area contributed by atoms with Crippen molar-refractivity contribution in [3.63, 3.8) is 0 Å². The van der Waals surface area contributed by atoms with E-state index in [0.29, 0.717) is 44.4 Å². The zero-order valence-corrected chi connectivity index (χ0v) is 22.3. The van der Waals surface area contributed by atoms with E-state index in [0.717, 1.165) is 16.5 Å². The summed E-state index contributed by atoms with van der Waals surface area (Å²) < 4.78 is 38.3. The van der Waals surface area contributed by atoms with Crippen molar-refractivity contribution in [3.05, 3.63) is 119 Å². The van der Waals surface area contributed by atoms with Gasteiger partial charge in [0.25, 0.3) is 10.0 Å². The number of methoxy groups -OCH3 is 2. The van der Waals surface area contributed by atoms with Gasteiger partial charge in [-0.15, -0.1) is 0 Å². The SMILES string of the molecule is C=CS(=O)(=O)N(Cc1ccc(OC)cc1OC)c1ccc2ccc3ncc(-c4ccccc4)cc3c(=O)c2c1. The van der Waals surface area contributed by atoms with Crippen LogP contribution in [0.5, 0.6) is 11.5 Å². The van der Waals surface area contributed by atoms with Crippen LogP contribution < -0.4 is 19.2 Å². The summed E-state index contributed by atoms with van der Waals surface area (Å²) in [6.45, 7) is 3.47. The van der Waals surface area contributed by atoms with Crippen molar-refractivity contribution < 1.29 is 17.9 Å². The normalized spacial score (nSPS) is 11.3. The summed E-state index contributed by atoms with van der Waals surface area (Å²) in [4.78, 5) is 18.4. The van der Waals surface area contributed by atoms with Gasteiger partial charge >= 0.3 is 0 Å². The van der Waals surface area contributed by atoms with Crippen LogP contribution in [0.1, 0.15) is 5.56 Å². The fourth-order valence-electron chi connectivity index (χ4n) is 4.49. The number of pyridine rings is 1. The minimum absolute atomic E-state index is 0.0410. The van der Waals surface area contributed by atoms with Crippen molar-refractivity contribution in [1.29, 1.82) is 0 Å². The number of ether oxygens (including phenoxy) is 2. The molecular formula is C31H26N2O5S. The van der Waals surface area contributed by atoms with Gasteiger partial charge in [-0.3, -0.25) is 14.1 Å². The number of sulfonamides is 1. The Bertz CT molecular complexity index is 1870. The first-order chi connectivity index (χ1) is 18.8. The first-order valence-electron chi connectivity index (χ1n) is 12.1. The van der Waals surface area contributed by atoms with E-state index >= 15 is 0 Å². The Balaban J connectivity index is 1.68. The zero-order chi connectivity index (χ0) is 27.6. The Labute approximate surface area is 226 Å². The molecule has 1 aromatic heterocycles. The van der Waals surface area contributed by atoms with Gasteiger partial charge in [-0.1, -0.05) is 49.0 Å². The third-order valence-electron chi connectivity index (χ3n) is 6.59. The number of hydrogen-bond acceptors (Lipinski definition) is 6.